The van der Waals surface area contributed by atoms with Gasteiger partial charge in [0.1, 0.15) is 0 Å². The van der Waals surface area contributed by atoms with E-state index in [2.05, 4.69) is 12.2 Å². The number of hydrogen-bond donors (Lipinski definition) is 2. The molecule has 0 amide bonds. The first-order valence-electron chi connectivity index (χ1n) is 7.24. The minimum absolute atomic E-state index is 0.318. The summed E-state index contributed by atoms with van der Waals surface area (Å²) in [6, 6.07) is 1.13. The van der Waals surface area contributed by atoms with E-state index in [-0.39, 0.29) is 0 Å². The molecule has 100 valence electrons. The lowest BCUT2D eigenvalue weighted by Gasteiger charge is -2.28. The number of hydrogen-bond acceptors (Lipinski definition) is 3. The summed E-state index contributed by atoms with van der Waals surface area (Å²) in [7, 11) is 0. The average molecular weight is 241 g/mol. The molecule has 1 saturated carbocycles. The number of aliphatic hydroxyl groups is 1. The molecular formula is C14H27NO2. The molecule has 0 spiro atoms. The maximum Gasteiger partial charge on any atom is 0.0468 e. The summed E-state index contributed by atoms with van der Waals surface area (Å²) in [5.41, 5.74) is 0. The van der Waals surface area contributed by atoms with Crippen LogP contribution < -0.4 is 5.32 Å². The molecule has 1 aliphatic carbocycles. The van der Waals surface area contributed by atoms with Crippen molar-refractivity contribution >= 4 is 0 Å². The van der Waals surface area contributed by atoms with Gasteiger partial charge in [-0.05, 0) is 57.3 Å². The Balaban J connectivity index is 1.68. The van der Waals surface area contributed by atoms with Gasteiger partial charge in [0.05, 0.1) is 0 Å². The Morgan fingerprint density at radius 3 is 2.53 bits per heavy atom. The zero-order chi connectivity index (χ0) is 12.1. The average Bonchev–Trinajstić information content (AvgIpc) is 3.13. The fourth-order valence-corrected chi connectivity index (χ4v) is 3.01. The standard InChI is InChI=1S/C14H27NO2/c1-11(10-12-5-8-17-9-6-12)15-14(4-7-16)13-2-3-13/h11-16H,2-10H2,1H3. The van der Waals surface area contributed by atoms with Crippen molar-refractivity contribution in [3.63, 3.8) is 0 Å². The maximum absolute atomic E-state index is 9.09. The van der Waals surface area contributed by atoms with Crippen LogP contribution in [0.25, 0.3) is 0 Å². The Morgan fingerprint density at radius 2 is 1.94 bits per heavy atom. The van der Waals surface area contributed by atoms with Gasteiger partial charge < -0.3 is 15.2 Å². The van der Waals surface area contributed by atoms with Crippen molar-refractivity contribution in [3.05, 3.63) is 0 Å². The largest absolute Gasteiger partial charge is 0.396 e. The van der Waals surface area contributed by atoms with Gasteiger partial charge in [0.2, 0.25) is 0 Å². The fourth-order valence-electron chi connectivity index (χ4n) is 3.01. The molecule has 3 heteroatoms. The summed E-state index contributed by atoms with van der Waals surface area (Å²) in [6.07, 6.45) is 7.32. The van der Waals surface area contributed by atoms with Crippen molar-refractivity contribution in [3.8, 4) is 0 Å². The summed E-state index contributed by atoms with van der Waals surface area (Å²) in [6.45, 7) is 4.50. The van der Waals surface area contributed by atoms with E-state index in [0.717, 1.165) is 31.5 Å². The second-order valence-electron chi connectivity index (χ2n) is 5.82. The zero-order valence-corrected chi connectivity index (χ0v) is 11.0. The lowest BCUT2D eigenvalue weighted by Crippen LogP contribution is -2.40. The van der Waals surface area contributed by atoms with Gasteiger partial charge in [-0.1, -0.05) is 0 Å². The summed E-state index contributed by atoms with van der Waals surface area (Å²) in [4.78, 5) is 0. The first kappa shape index (κ1) is 13.3. The van der Waals surface area contributed by atoms with Gasteiger partial charge in [-0.3, -0.25) is 0 Å². The Labute approximate surface area is 105 Å². The van der Waals surface area contributed by atoms with Gasteiger partial charge in [-0.2, -0.15) is 0 Å². The van der Waals surface area contributed by atoms with Crippen molar-refractivity contribution < 1.29 is 9.84 Å². The predicted molar refractivity (Wildman–Crippen MR) is 69.0 cm³/mol. The van der Waals surface area contributed by atoms with Crippen LogP contribution in [0.4, 0.5) is 0 Å². The number of nitrogens with one attached hydrogen (secondary N) is 1. The van der Waals surface area contributed by atoms with E-state index in [1.54, 1.807) is 0 Å². The van der Waals surface area contributed by atoms with Crippen molar-refractivity contribution in [1.82, 2.24) is 5.32 Å². The molecule has 2 N–H and O–H groups in total. The molecule has 3 nitrogen and oxygen atoms in total. The van der Waals surface area contributed by atoms with Crippen molar-refractivity contribution in [2.75, 3.05) is 19.8 Å². The molecule has 17 heavy (non-hydrogen) atoms. The van der Waals surface area contributed by atoms with E-state index in [0.29, 0.717) is 18.7 Å². The number of rotatable bonds is 7. The van der Waals surface area contributed by atoms with E-state index in [4.69, 9.17) is 9.84 Å². The lowest BCUT2D eigenvalue weighted by atomic mass is 9.92. The normalized spacial score (nSPS) is 25.8. The Morgan fingerprint density at radius 1 is 1.24 bits per heavy atom. The molecule has 2 atom stereocenters. The van der Waals surface area contributed by atoms with Crippen molar-refractivity contribution in [2.24, 2.45) is 11.8 Å². The van der Waals surface area contributed by atoms with Gasteiger partial charge in [0.15, 0.2) is 0 Å². The highest BCUT2D eigenvalue weighted by atomic mass is 16.5. The SMILES string of the molecule is CC(CC1CCOCC1)NC(CCO)C1CC1. The fraction of sp³-hybridized carbons (Fsp3) is 1.00. The van der Waals surface area contributed by atoms with Crippen LogP contribution in [-0.4, -0.2) is 37.0 Å². The molecular weight excluding hydrogens is 214 g/mol. The van der Waals surface area contributed by atoms with Gasteiger partial charge in [0, 0.05) is 31.9 Å². The highest BCUT2D eigenvalue weighted by molar-refractivity contribution is 4.88. The monoisotopic (exact) mass is 241 g/mol. The molecule has 2 fully saturated rings. The van der Waals surface area contributed by atoms with Crippen LogP contribution >= 0.6 is 0 Å². The molecule has 0 bridgehead atoms. The summed E-state index contributed by atoms with van der Waals surface area (Å²) < 4.78 is 5.40. The third kappa shape index (κ3) is 4.57. The van der Waals surface area contributed by atoms with Crippen LogP contribution in [0.3, 0.4) is 0 Å². The molecule has 2 unspecified atom stereocenters. The predicted octanol–water partition coefficient (Wildman–Crippen LogP) is 1.94. The third-order valence-electron chi connectivity index (χ3n) is 4.16. The topological polar surface area (TPSA) is 41.5 Å². The number of aliphatic hydroxyl groups excluding tert-OH is 1. The van der Waals surface area contributed by atoms with E-state index in [1.165, 1.54) is 32.1 Å². The second-order valence-corrected chi connectivity index (χ2v) is 5.82. The summed E-state index contributed by atoms with van der Waals surface area (Å²) in [5.74, 6) is 1.67. The Hall–Kier alpha value is -0.120. The van der Waals surface area contributed by atoms with Crippen LogP contribution in [0.15, 0.2) is 0 Å². The summed E-state index contributed by atoms with van der Waals surface area (Å²) in [5, 5.41) is 12.8. The van der Waals surface area contributed by atoms with Gasteiger partial charge in [-0.25, -0.2) is 0 Å². The minimum Gasteiger partial charge on any atom is -0.396 e. The minimum atomic E-state index is 0.318. The van der Waals surface area contributed by atoms with E-state index in [9.17, 15) is 0 Å². The van der Waals surface area contributed by atoms with Gasteiger partial charge >= 0.3 is 0 Å². The van der Waals surface area contributed by atoms with Crippen molar-refractivity contribution in [2.45, 2.75) is 57.5 Å². The Kier molecular flexibility index (Phi) is 5.26. The van der Waals surface area contributed by atoms with Crippen LogP contribution in [-0.2, 0) is 4.74 Å². The Bertz CT molecular complexity index is 212. The van der Waals surface area contributed by atoms with Crippen molar-refractivity contribution in [1.29, 1.82) is 0 Å². The van der Waals surface area contributed by atoms with Crippen LogP contribution in [0.1, 0.15) is 45.4 Å². The molecule has 0 radical (unpaired) electrons. The molecule has 1 heterocycles. The highest BCUT2D eigenvalue weighted by Gasteiger charge is 2.31. The first-order valence-corrected chi connectivity index (χ1v) is 7.24. The van der Waals surface area contributed by atoms with E-state index >= 15 is 0 Å². The van der Waals surface area contributed by atoms with E-state index in [1.807, 2.05) is 0 Å². The van der Waals surface area contributed by atoms with Gasteiger partial charge in [-0.15, -0.1) is 0 Å². The molecule has 1 saturated heterocycles. The maximum atomic E-state index is 9.09. The summed E-state index contributed by atoms with van der Waals surface area (Å²) >= 11 is 0. The smallest absolute Gasteiger partial charge is 0.0468 e. The number of ether oxygens (including phenoxy) is 1. The molecule has 1 aliphatic heterocycles. The molecule has 2 aliphatic rings. The van der Waals surface area contributed by atoms with Crippen LogP contribution in [0.5, 0.6) is 0 Å². The van der Waals surface area contributed by atoms with Gasteiger partial charge in [0.25, 0.3) is 0 Å². The second kappa shape index (κ2) is 6.72. The van der Waals surface area contributed by atoms with Crippen LogP contribution in [0.2, 0.25) is 0 Å². The zero-order valence-electron chi connectivity index (χ0n) is 11.0. The molecule has 2 rings (SSSR count). The lowest BCUT2D eigenvalue weighted by molar-refractivity contribution is 0.0604. The molecule has 0 aromatic carbocycles. The highest BCUT2D eigenvalue weighted by Crippen LogP contribution is 2.34. The van der Waals surface area contributed by atoms with E-state index < -0.39 is 0 Å². The molecule has 0 aromatic rings. The third-order valence-corrected chi connectivity index (χ3v) is 4.16. The molecule has 0 aromatic heterocycles. The quantitative estimate of drug-likeness (QED) is 0.716. The first-order chi connectivity index (χ1) is 8.29. The van der Waals surface area contributed by atoms with Crippen LogP contribution in [0, 0.1) is 11.8 Å².